The Hall–Kier alpha value is -2.10. The van der Waals surface area contributed by atoms with Gasteiger partial charge in [0.1, 0.15) is 0 Å². The van der Waals surface area contributed by atoms with Crippen LogP contribution in [0.3, 0.4) is 0 Å². The normalized spacial score (nSPS) is 17.6. The van der Waals surface area contributed by atoms with E-state index in [0.717, 1.165) is 17.8 Å². The molecule has 1 N–H and O–H groups in total. The van der Waals surface area contributed by atoms with E-state index in [-0.39, 0.29) is 12.1 Å². The molecule has 0 fully saturated rings. The molecule has 2 nitrogen and oxygen atoms in total. The summed E-state index contributed by atoms with van der Waals surface area (Å²) in [4.78, 5) is 2.10. The van der Waals surface area contributed by atoms with E-state index < -0.39 is 11.6 Å². The number of rotatable bonds is 2. The van der Waals surface area contributed by atoms with Gasteiger partial charge in [0.25, 0.3) is 0 Å². The third kappa shape index (κ3) is 2.58. The molecule has 4 heteroatoms. The summed E-state index contributed by atoms with van der Waals surface area (Å²) in [5.41, 5.74) is 2.50. The minimum atomic E-state index is -0.821. The largest absolute Gasteiger partial charge is 0.375 e. The van der Waals surface area contributed by atoms with Gasteiger partial charge in [-0.2, -0.15) is 0 Å². The van der Waals surface area contributed by atoms with Crippen molar-refractivity contribution in [3.63, 3.8) is 0 Å². The first-order valence-electron chi connectivity index (χ1n) is 7.13. The summed E-state index contributed by atoms with van der Waals surface area (Å²) in [6.45, 7) is 4.83. The first-order valence-corrected chi connectivity index (χ1v) is 7.13. The molecule has 3 rings (SSSR count). The smallest absolute Gasteiger partial charge is 0.161 e. The number of halogens is 2. The lowest BCUT2D eigenvalue weighted by atomic mass is 10.0. The van der Waals surface area contributed by atoms with Crippen molar-refractivity contribution in [2.75, 3.05) is 16.8 Å². The molecule has 21 heavy (non-hydrogen) atoms. The van der Waals surface area contributed by atoms with Crippen molar-refractivity contribution < 1.29 is 8.78 Å². The van der Waals surface area contributed by atoms with Crippen LogP contribution in [0.5, 0.6) is 0 Å². The van der Waals surface area contributed by atoms with E-state index in [9.17, 15) is 8.78 Å². The van der Waals surface area contributed by atoms with E-state index in [0.29, 0.717) is 5.69 Å². The quantitative estimate of drug-likeness (QED) is 0.884. The van der Waals surface area contributed by atoms with Gasteiger partial charge in [0, 0.05) is 24.7 Å². The number of nitrogens with one attached hydrogen (secondary N) is 1. The number of benzene rings is 2. The van der Waals surface area contributed by atoms with Crippen LogP contribution in [0.1, 0.15) is 25.5 Å². The van der Waals surface area contributed by atoms with Gasteiger partial charge in [-0.15, -0.1) is 0 Å². The van der Waals surface area contributed by atoms with Crippen LogP contribution < -0.4 is 10.2 Å². The molecule has 0 radical (unpaired) electrons. The minimum absolute atomic E-state index is 0.0611. The van der Waals surface area contributed by atoms with Crippen molar-refractivity contribution in [3.05, 3.63) is 59.7 Å². The van der Waals surface area contributed by atoms with Crippen molar-refractivity contribution in [1.29, 1.82) is 0 Å². The molecule has 110 valence electrons. The molecule has 0 amide bonds. The lowest BCUT2D eigenvalue weighted by Gasteiger charge is -2.40. The number of nitrogens with zero attached hydrogens (tertiary/aromatic N) is 1. The second-order valence-electron chi connectivity index (χ2n) is 5.64. The van der Waals surface area contributed by atoms with Crippen LogP contribution in [-0.2, 0) is 0 Å². The molecule has 0 bridgehead atoms. The number of anilines is 2. The zero-order chi connectivity index (χ0) is 15.0. The predicted molar refractivity (Wildman–Crippen MR) is 81.6 cm³/mol. The van der Waals surface area contributed by atoms with Crippen molar-refractivity contribution in [2.45, 2.75) is 25.9 Å². The van der Waals surface area contributed by atoms with Crippen molar-refractivity contribution in [2.24, 2.45) is 0 Å². The monoisotopic (exact) mass is 288 g/mol. The maximum Gasteiger partial charge on any atom is 0.161 e. The Balaban J connectivity index is 2.03. The summed E-state index contributed by atoms with van der Waals surface area (Å²) in [6.07, 6.45) is 0. The second kappa shape index (κ2) is 5.35. The zero-order valence-electron chi connectivity index (χ0n) is 12.1. The molecule has 1 heterocycles. The van der Waals surface area contributed by atoms with Crippen LogP contribution in [0.2, 0.25) is 0 Å². The summed E-state index contributed by atoms with van der Waals surface area (Å²) in [6, 6.07) is 12.8. The van der Waals surface area contributed by atoms with Crippen LogP contribution >= 0.6 is 0 Å². The van der Waals surface area contributed by atoms with E-state index >= 15 is 0 Å². The summed E-state index contributed by atoms with van der Waals surface area (Å²) in [5.74, 6) is -1.63. The Labute approximate surface area is 123 Å². The van der Waals surface area contributed by atoms with Gasteiger partial charge in [-0.1, -0.05) is 30.3 Å². The SMILES string of the molecule is CC(C)N1C[C@H](c2ccccc2)Nc2cc(F)c(F)cc21. The summed E-state index contributed by atoms with van der Waals surface area (Å²) >= 11 is 0. The summed E-state index contributed by atoms with van der Waals surface area (Å²) < 4.78 is 27.1. The van der Waals surface area contributed by atoms with Gasteiger partial charge in [0.2, 0.25) is 0 Å². The fourth-order valence-electron chi connectivity index (χ4n) is 2.78. The third-order valence-electron chi connectivity index (χ3n) is 3.88. The van der Waals surface area contributed by atoms with Crippen LogP contribution in [0.4, 0.5) is 20.2 Å². The molecule has 0 unspecified atom stereocenters. The van der Waals surface area contributed by atoms with Crippen molar-refractivity contribution in [1.82, 2.24) is 0 Å². The molecule has 2 aromatic carbocycles. The second-order valence-corrected chi connectivity index (χ2v) is 5.64. The van der Waals surface area contributed by atoms with Crippen LogP contribution in [0.15, 0.2) is 42.5 Å². The molecule has 1 aliphatic rings. The van der Waals surface area contributed by atoms with Crippen LogP contribution in [-0.4, -0.2) is 12.6 Å². The van der Waals surface area contributed by atoms with Crippen LogP contribution in [0, 0.1) is 11.6 Å². The minimum Gasteiger partial charge on any atom is -0.375 e. The van der Waals surface area contributed by atoms with E-state index in [1.807, 2.05) is 30.3 Å². The van der Waals surface area contributed by atoms with E-state index in [4.69, 9.17) is 0 Å². The van der Waals surface area contributed by atoms with Gasteiger partial charge in [-0.3, -0.25) is 0 Å². The summed E-state index contributed by atoms with van der Waals surface area (Å²) in [5, 5.41) is 3.32. The highest BCUT2D eigenvalue weighted by molar-refractivity contribution is 5.73. The third-order valence-corrected chi connectivity index (χ3v) is 3.88. The Morgan fingerprint density at radius 1 is 1.10 bits per heavy atom. The highest BCUT2D eigenvalue weighted by Crippen LogP contribution is 2.38. The molecular weight excluding hydrogens is 270 g/mol. The average molecular weight is 288 g/mol. The van der Waals surface area contributed by atoms with Gasteiger partial charge in [-0.05, 0) is 19.4 Å². The molecule has 0 spiro atoms. The van der Waals surface area contributed by atoms with Gasteiger partial charge < -0.3 is 10.2 Å². The van der Waals surface area contributed by atoms with Gasteiger partial charge in [0.05, 0.1) is 17.4 Å². The molecule has 0 saturated carbocycles. The topological polar surface area (TPSA) is 15.3 Å². The Bertz CT molecular complexity index is 641. The van der Waals surface area contributed by atoms with E-state index in [1.165, 1.54) is 12.1 Å². The zero-order valence-corrected chi connectivity index (χ0v) is 12.1. The summed E-state index contributed by atoms with van der Waals surface area (Å²) in [7, 11) is 0. The number of hydrogen-bond acceptors (Lipinski definition) is 2. The highest BCUT2D eigenvalue weighted by atomic mass is 19.2. The average Bonchev–Trinajstić information content (AvgIpc) is 2.48. The fourth-order valence-corrected chi connectivity index (χ4v) is 2.78. The van der Waals surface area contributed by atoms with Crippen molar-refractivity contribution >= 4 is 11.4 Å². The van der Waals surface area contributed by atoms with Crippen LogP contribution in [0.25, 0.3) is 0 Å². The molecule has 0 saturated heterocycles. The highest BCUT2D eigenvalue weighted by Gasteiger charge is 2.27. The molecule has 0 aliphatic carbocycles. The number of fused-ring (bicyclic) bond motifs is 1. The first kappa shape index (κ1) is 13.9. The predicted octanol–water partition coefficient (Wildman–Crippen LogP) is 4.35. The Morgan fingerprint density at radius 2 is 1.76 bits per heavy atom. The maximum absolute atomic E-state index is 13.5. The van der Waals surface area contributed by atoms with E-state index in [1.54, 1.807) is 0 Å². The van der Waals surface area contributed by atoms with E-state index in [2.05, 4.69) is 24.1 Å². The van der Waals surface area contributed by atoms with Gasteiger partial charge >= 0.3 is 0 Å². The molecule has 1 atom stereocenters. The lowest BCUT2D eigenvalue weighted by Crippen LogP contribution is -2.41. The number of hydrogen-bond donors (Lipinski definition) is 1. The van der Waals surface area contributed by atoms with Gasteiger partial charge in [0.15, 0.2) is 11.6 Å². The Kier molecular flexibility index (Phi) is 3.53. The maximum atomic E-state index is 13.5. The standard InChI is InChI=1S/C17H18F2N2/c1-11(2)21-10-16(12-6-4-3-5-7-12)20-15-8-13(18)14(19)9-17(15)21/h3-9,11,16,20H,10H2,1-2H3/t16-/m1/s1. The Morgan fingerprint density at radius 3 is 2.43 bits per heavy atom. The molecule has 0 aromatic heterocycles. The lowest BCUT2D eigenvalue weighted by molar-refractivity contribution is 0.505. The van der Waals surface area contributed by atoms with Crippen molar-refractivity contribution in [3.8, 4) is 0 Å². The first-order chi connectivity index (χ1) is 10.1. The molecule has 1 aliphatic heterocycles. The fraction of sp³-hybridized carbons (Fsp3) is 0.294. The van der Waals surface area contributed by atoms with Gasteiger partial charge in [-0.25, -0.2) is 8.78 Å². The molecular formula is C17H18F2N2. The molecule has 2 aromatic rings.